The van der Waals surface area contributed by atoms with Crippen molar-refractivity contribution in [3.8, 4) is 17.0 Å². The molecule has 0 bridgehead atoms. The number of hydrogen-bond acceptors (Lipinski definition) is 6. The van der Waals surface area contributed by atoms with Crippen LogP contribution in [0.25, 0.3) is 27.5 Å². The number of benzene rings is 2. The second kappa shape index (κ2) is 8.69. The summed E-state index contributed by atoms with van der Waals surface area (Å²) in [6.07, 6.45) is 3.16. The number of H-pyrrole nitrogens is 1. The molecule has 0 saturated heterocycles. The first-order valence-electron chi connectivity index (χ1n) is 11.0. The Bertz CT molecular complexity index is 1600. The topological polar surface area (TPSA) is 122 Å². The van der Waals surface area contributed by atoms with Gasteiger partial charge in [0.25, 0.3) is 11.5 Å². The molecule has 9 heteroatoms. The van der Waals surface area contributed by atoms with Gasteiger partial charge in [-0.15, -0.1) is 0 Å². The average Bonchev–Trinajstić information content (AvgIpc) is 3.27. The van der Waals surface area contributed by atoms with Crippen molar-refractivity contribution in [1.82, 2.24) is 19.8 Å². The van der Waals surface area contributed by atoms with Crippen molar-refractivity contribution >= 4 is 27.9 Å². The molecule has 0 atom stereocenters. The zero-order chi connectivity index (χ0) is 24.6. The number of ether oxygens (including phenoxy) is 1. The third kappa shape index (κ3) is 4.62. The molecule has 176 valence electrons. The van der Waals surface area contributed by atoms with Gasteiger partial charge in [0.1, 0.15) is 12.4 Å². The minimum atomic E-state index is -0.958. The lowest BCUT2D eigenvalue weighted by atomic mass is 10.0. The molecule has 0 fully saturated rings. The fourth-order valence-electron chi connectivity index (χ4n) is 3.73. The Hall–Kier alpha value is -4.50. The number of nitrogens with zero attached hydrogens (tertiary/aromatic N) is 3. The van der Waals surface area contributed by atoms with Crippen LogP contribution in [0.4, 0.5) is 5.69 Å². The summed E-state index contributed by atoms with van der Waals surface area (Å²) < 4.78 is 7.15. The lowest BCUT2D eigenvalue weighted by Crippen LogP contribution is -2.27. The molecule has 0 radical (unpaired) electrons. The second-order valence-corrected chi connectivity index (χ2v) is 8.83. The van der Waals surface area contributed by atoms with E-state index < -0.39 is 5.60 Å². The molecule has 3 heterocycles. The number of anilines is 1. The zero-order valence-electron chi connectivity index (χ0n) is 19.1. The molecular weight excluding hydrogens is 446 g/mol. The summed E-state index contributed by atoms with van der Waals surface area (Å²) in [6.45, 7) is 3.45. The summed E-state index contributed by atoms with van der Waals surface area (Å²) in [5.41, 5.74) is 1.92. The monoisotopic (exact) mass is 469 g/mol. The van der Waals surface area contributed by atoms with E-state index in [1.165, 1.54) is 6.20 Å². The van der Waals surface area contributed by atoms with Crippen molar-refractivity contribution in [3.05, 3.63) is 89.0 Å². The van der Waals surface area contributed by atoms with Gasteiger partial charge in [0, 0.05) is 16.6 Å². The van der Waals surface area contributed by atoms with Crippen molar-refractivity contribution in [3.63, 3.8) is 0 Å². The maximum atomic E-state index is 12.9. The molecule has 1 amide bonds. The van der Waals surface area contributed by atoms with Crippen molar-refractivity contribution in [1.29, 1.82) is 0 Å². The van der Waals surface area contributed by atoms with E-state index in [0.29, 0.717) is 33.6 Å². The van der Waals surface area contributed by atoms with Crippen LogP contribution in [0, 0.1) is 0 Å². The molecule has 2 aromatic carbocycles. The first kappa shape index (κ1) is 22.3. The summed E-state index contributed by atoms with van der Waals surface area (Å²) in [5, 5.41) is 25.0. The first-order chi connectivity index (χ1) is 16.8. The Labute approximate surface area is 200 Å². The Morgan fingerprint density at radius 2 is 1.83 bits per heavy atom. The van der Waals surface area contributed by atoms with Crippen LogP contribution < -0.4 is 15.6 Å². The maximum absolute atomic E-state index is 12.9. The van der Waals surface area contributed by atoms with Crippen LogP contribution in [0.2, 0.25) is 0 Å². The van der Waals surface area contributed by atoms with E-state index in [0.717, 1.165) is 10.9 Å². The fraction of sp³-hybridized carbons (Fsp3) is 0.154. The number of carbonyl (C=O) groups excluding carboxylic acids is 1. The van der Waals surface area contributed by atoms with Crippen LogP contribution in [0.15, 0.2) is 77.9 Å². The van der Waals surface area contributed by atoms with E-state index in [1.807, 2.05) is 30.3 Å². The van der Waals surface area contributed by atoms with Crippen LogP contribution in [-0.4, -0.2) is 43.0 Å². The summed E-state index contributed by atoms with van der Waals surface area (Å²) in [6, 6.07) is 18.0. The fourth-order valence-corrected chi connectivity index (χ4v) is 3.73. The van der Waals surface area contributed by atoms with Gasteiger partial charge in [0.2, 0.25) is 0 Å². The maximum Gasteiger partial charge on any atom is 0.272 e. The number of aromatic nitrogens is 4. The summed E-state index contributed by atoms with van der Waals surface area (Å²) in [7, 11) is 0. The standard InChI is InChI=1S/C26H23N5O4/c1-26(2,34)15-35-18-11-12-22-21(13-27-31(22)14-18)24(32)28-17-9-7-16(8-10-17)23-19-5-3-4-6-20(19)25(33)30-29-23/h3-14,34H,15H2,1-2H3,(H,28,32)(H,30,33). The van der Waals surface area contributed by atoms with Gasteiger partial charge in [-0.2, -0.15) is 10.2 Å². The van der Waals surface area contributed by atoms with Crippen LogP contribution in [0.5, 0.6) is 5.75 Å². The van der Waals surface area contributed by atoms with Gasteiger partial charge in [0.05, 0.1) is 40.2 Å². The molecule has 0 unspecified atom stereocenters. The predicted molar refractivity (Wildman–Crippen MR) is 133 cm³/mol. The van der Waals surface area contributed by atoms with Gasteiger partial charge in [0.15, 0.2) is 0 Å². The van der Waals surface area contributed by atoms with E-state index in [1.54, 1.807) is 54.9 Å². The molecule has 0 aliphatic rings. The van der Waals surface area contributed by atoms with E-state index in [-0.39, 0.29) is 18.1 Å². The molecule has 0 spiro atoms. The highest BCUT2D eigenvalue weighted by atomic mass is 16.5. The number of aromatic amines is 1. The van der Waals surface area contributed by atoms with Gasteiger partial charge in [-0.25, -0.2) is 9.61 Å². The van der Waals surface area contributed by atoms with Gasteiger partial charge < -0.3 is 15.2 Å². The SMILES string of the molecule is CC(C)(O)COc1ccc2c(C(=O)Nc3ccc(-c4n[nH]c(=O)c5ccccc45)cc3)cnn2c1. The number of rotatable bonds is 6. The van der Waals surface area contributed by atoms with Crippen LogP contribution in [-0.2, 0) is 0 Å². The largest absolute Gasteiger partial charge is 0.489 e. The van der Waals surface area contributed by atoms with E-state index in [4.69, 9.17) is 4.74 Å². The zero-order valence-corrected chi connectivity index (χ0v) is 19.1. The lowest BCUT2D eigenvalue weighted by molar-refractivity contribution is 0.0283. The van der Waals surface area contributed by atoms with Gasteiger partial charge in [-0.05, 0) is 44.2 Å². The number of carbonyl (C=O) groups is 1. The average molecular weight is 470 g/mol. The Kier molecular flexibility index (Phi) is 5.54. The van der Waals surface area contributed by atoms with Crippen LogP contribution in [0.3, 0.4) is 0 Å². The van der Waals surface area contributed by atoms with E-state index in [2.05, 4.69) is 20.6 Å². The highest BCUT2D eigenvalue weighted by Crippen LogP contribution is 2.26. The Balaban J connectivity index is 1.34. The van der Waals surface area contributed by atoms with E-state index >= 15 is 0 Å². The minimum absolute atomic E-state index is 0.132. The molecule has 35 heavy (non-hydrogen) atoms. The molecule has 5 rings (SSSR count). The van der Waals surface area contributed by atoms with Gasteiger partial charge in [-0.3, -0.25) is 9.59 Å². The molecule has 5 aromatic rings. The van der Waals surface area contributed by atoms with E-state index in [9.17, 15) is 14.7 Å². The number of fused-ring (bicyclic) bond motifs is 2. The number of pyridine rings is 1. The number of amides is 1. The van der Waals surface area contributed by atoms with Crippen molar-refractivity contribution in [2.75, 3.05) is 11.9 Å². The van der Waals surface area contributed by atoms with Gasteiger partial charge in [-0.1, -0.05) is 30.3 Å². The lowest BCUT2D eigenvalue weighted by Gasteiger charge is -2.17. The molecule has 0 aliphatic heterocycles. The first-order valence-corrected chi connectivity index (χ1v) is 11.0. The Morgan fingerprint density at radius 3 is 2.57 bits per heavy atom. The molecule has 3 aromatic heterocycles. The van der Waals surface area contributed by atoms with Crippen molar-refractivity contribution in [2.45, 2.75) is 19.4 Å². The second-order valence-electron chi connectivity index (χ2n) is 8.83. The summed E-state index contributed by atoms with van der Waals surface area (Å²) in [4.78, 5) is 25.0. The van der Waals surface area contributed by atoms with Crippen molar-refractivity contribution < 1.29 is 14.6 Å². The normalized spacial score (nSPS) is 11.6. The smallest absolute Gasteiger partial charge is 0.272 e. The van der Waals surface area contributed by atoms with Crippen LogP contribution in [0.1, 0.15) is 24.2 Å². The quantitative estimate of drug-likeness (QED) is 0.349. The Morgan fingerprint density at radius 1 is 1.09 bits per heavy atom. The summed E-state index contributed by atoms with van der Waals surface area (Å²) >= 11 is 0. The molecule has 0 aliphatic carbocycles. The molecule has 9 nitrogen and oxygen atoms in total. The third-order valence-electron chi connectivity index (χ3n) is 5.44. The predicted octanol–water partition coefficient (Wildman–Crippen LogP) is 3.64. The number of hydrogen-bond donors (Lipinski definition) is 3. The summed E-state index contributed by atoms with van der Waals surface area (Å²) in [5.74, 6) is 0.235. The minimum Gasteiger partial charge on any atom is -0.489 e. The number of nitrogens with one attached hydrogen (secondary N) is 2. The van der Waals surface area contributed by atoms with Crippen LogP contribution >= 0.6 is 0 Å². The highest BCUT2D eigenvalue weighted by Gasteiger charge is 2.16. The molecule has 3 N–H and O–H groups in total. The molecular formula is C26H23N5O4. The van der Waals surface area contributed by atoms with Gasteiger partial charge >= 0.3 is 0 Å². The third-order valence-corrected chi connectivity index (χ3v) is 5.44. The van der Waals surface area contributed by atoms with Crippen molar-refractivity contribution in [2.24, 2.45) is 0 Å². The highest BCUT2D eigenvalue weighted by molar-refractivity contribution is 6.09. The molecule has 0 saturated carbocycles. The number of aliphatic hydroxyl groups is 1.